The summed E-state index contributed by atoms with van der Waals surface area (Å²) in [6.07, 6.45) is 1.97. The zero-order chi connectivity index (χ0) is 9.84. The SMILES string of the molecule is CC[C@@H](N)C(=O)N1CCC[C@H](O)C1. The van der Waals surface area contributed by atoms with Gasteiger partial charge in [-0.3, -0.25) is 4.79 Å². The maximum absolute atomic E-state index is 11.6. The smallest absolute Gasteiger partial charge is 0.239 e. The Morgan fingerprint density at radius 1 is 1.77 bits per heavy atom. The van der Waals surface area contributed by atoms with Gasteiger partial charge < -0.3 is 15.7 Å². The topological polar surface area (TPSA) is 66.6 Å². The average Bonchev–Trinajstić information content (AvgIpc) is 2.15. The summed E-state index contributed by atoms with van der Waals surface area (Å²) in [4.78, 5) is 13.2. The molecule has 0 radical (unpaired) electrons. The van der Waals surface area contributed by atoms with Gasteiger partial charge in [0.25, 0.3) is 0 Å². The molecule has 0 spiro atoms. The largest absolute Gasteiger partial charge is 0.391 e. The standard InChI is InChI=1S/C9H18N2O2/c1-2-8(10)9(13)11-5-3-4-7(12)6-11/h7-8,12H,2-6,10H2,1H3/t7-,8+/m0/s1. The Kier molecular flexibility index (Phi) is 3.69. The van der Waals surface area contributed by atoms with E-state index >= 15 is 0 Å². The fraction of sp³-hybridized carbons (Fsp3) is 0.889. The molecule has 3 N–H and O–H groups in total. The lowest BCUT2D eigenvalue weighted by molar-refractivity contribution is -0.135. The monoisotopic (exact) mass is 186 g/mol. The third kappa shape index (κ3) is 2.67. The van der Waals surface area contributed by atoms with Crippen LogP contribution in [0.3, 0.4) is 0 Å². The third-order valence-corrected chi connectivity index (χ3v) is 2.47. The molecule has 0 bridgehead atoms. The molecular formula is C9H18N2O2. The van der Waals surface area contributed by atoms with Crippen LogP contribution in [0, 0.1) is 0 Å². The van der Waals surface area contributed by atoms with Crippen molar-refractivity contribution in [2.24, 2.45) is 5.73 Å². The molecule has 2 atom stereocenters. The molecular weight excluding hydrogens is 168 g/mol. The summed E-state index contributed by atoms with van der Waals surface area (Å²) in [7, 11) is 0. The number of carbonyl (C=O) groups excluding carboxylic acids is 1. The molecule has 1 heterocycles. The van der Waals surface area contributed by atoms with E-state index in [4.69, 9.17) is 5.73 Å². The van der Waals surface area contributed by atoms with Crippen molar-refractivity contribution >= 4 is 5.91 Å². The van der Waals surface area contributed by atoms with Gasteiger partial charge in [0.2, 0.25) is 5.91 Å². The highest BCUT2D eigenvalue weighted by Crippen LogP contribution is 2.11. The van der Waals surface area contributed by atoms with Crippen LogP contribution < -0.4 is 5.73 Å². The van der Waals surface area contributed by atoms with Gasteiger partial charge >= 0.3 is 0 Å². The summed E-state index contributed by atoms with van der Waals surface area (Å²) < 4.78 is 0. The van der Waals surface area contributed by atoms with Crippen molar-refractivity contribution in [3.05, 3.63) is 0 Å². The Labute approximate surface area is 78.7 Å². The van der Waals surface area contributed by atoms with Gasteiger partial charge in [-0.25, -0.2) is 0 Å². The van der Waals surface area contributed by atoms with Crippen molar-refractivity contribution in [1.82, 2.24) is 4.90 Å². The molecule has 1 fully saturated rings. The van der Waals surface area contributed by atoms with Crippen LogP contribution in [0.2, 0.25) is 0 Å². The summed E-state index contributed by atoms with van der Waals surface area (Å²) in [6, 6.07) is -0.398. The highest BCUT2D eigenvalue weighted by atomic mass is 16.3. The quantitative estimate of drug-likeness (QED) is 0.622. The van der Waals surface area contributed by atoms with Gasteiger partial charge in [0.05, 0.1) is 12.1 Å². The Hall–Kier alpha value is -0.610. The second-order valence-electron chi connectivity index (χ2n) is 3.60. The fourth-order valence-electron chi connectivity index (χ4n) is 1.56. The minimum absolute atomic E-state index is 0.0266. The van der Waals surface area contributed by atoms with Crippen LogP contribution in [0.25, 0.3) is 0 Å². The molecule has 4 nitrogen and oxygen atoms in total. The van der Waals surface area contributed by atoms with E-state index in [2.05, 4.69) is 0 Å². The number of aliphatic hydroxyl groups excluding tert-OH is 1. The van der Waals surface area contributed by atoms with Crippen LogP contribution in [0.1, 0.15) is 26.2 Å². The van der Waals surface area contributed by atoms with E-state index in [1.54, 1.807) is 4.90 Å². The fourth-order valence-corrected chi connectivity index (χ4v) is 1.56. The summed E-state index contributed by atoms with van der Waals surface area (Å²) in [5.41, 5.74) is 5.62. The van der Waals surface area contributed by atoms with Crippen molar-refractivity contribution < 1.29 is 9.90 Å². The van der Waals surface area contributed by atoms with Crippen LogP contribution >= 0.6 is 0 Å². The van der Waals surface area contributed by atoms with Crippen molar-refractivity contribution in [3.63, 3.8) is 0 Å². The predicted octanol–water partition coefficient (Wildman–Crippen LogP) is -0.293. The second-order valence-corrected chi connectivity index (χ2v) is 3.60. The molecule has 4 heteroatoms. The normalized spacial score (nSPS) is 25.8. The molecule has 1 amide bonds. The number of hydrogen-bond donors (Lipinski definition) is 2. The molecule has 0 aromatic rings. The first-order valence-corrected chi connectivity index (χ1v) is 4.87. The molecule has 1 rings (SSSR count). The zero-order valence-corrected chi connectivity index (χ0v) is 8.07. The highest BCUT2D eigenvalue weighted by molar-refractivity contribution is 5.81. The summed E-state index contributed by atoms with van der Waals surface area (Å²) >= 11 is 0. The number of nitrogens with two attached hydrogens (primary N) is 1. The lowest BCUT2D eigenvalue weighted by Gasteiger charge is -2.31. The number of piperidine rings is 1. The lowest BCUT2D eigenvalue weighted by atomic mass is 10.1. The molecule has 0 aromatic carbocycles. The Morgan fingerprint density at radius 3 is 3.00 bits per heavy atom. The summed E-state index contributed by atoms with van der Waals surface area (Å²) in [5.74, 6) is -0.0266. The predicted molar refractivity (Wildman–Crippen MR) is 50.1 cm³/mol. The number of nitrogens with zero attached hydrogens (tertiary/aromatic N) is 1. The van der Waals surface area contributed by atoms with Gasteiger partial charge in [-0.05, 0) is 19.3 Å². The van der Waals surface area contributed by atoms with Crippen molar-refractivity contribution in [1.29, 1.82) is 0 Å². The van der Waals surface area contributed by atoms with Crippen LogP contribution in [0.4, 0.5) is 0 Å². The van der Waals surface area contributed by atoms with Crippen LogP contribution in [0.5, 0.6) is 0 Å². The van der Waals surface area contributed by atoms with E-state index < -0.39 is 6.04 Å². The highest BCUT2D eigenvalue weighted by Gasteiger charge is 2.24. The average molecular weight is 186 g/mol. The Balaban J connectivity index is 2.46. The lowest BCUT2D eigenvalue weighted by Crippen LogP contribution is -2.49. The van der Waals surface area contributed by atoms with Crippen molar-refractivity contribution in [2.75, 3.05) is 13.1 Å². The molecule has 0 aliphatic carbocycles. The van der Waals surface area contributed by atoms with E-state index in [1.807, 2.05) is 6.92 Å². The number of rotatable bonds is 2. The molecule has 0 unspecified atom stereocenters. The first-order chi connectivity index (χ1) is 6.15. The number of amides is 1. The van der Waals surface area contributed by atoms with Crippen LogP contribution in [-0.4, -0.2) is 41.1 Å². The number of carbonyl (C=O) groups is 1. The van der Waals surface area contributed by atoms with E-state index in [1.165, 1.54) is 0 Å². The van der Waals surface area contributed by atoms with Gasteiger partial charge in [0, 0.05) is 13.1 Å². The number of likely N-dealkylation sites (tertiary alicyclic amines) is 1. The van der Waals surface area contributed by atoms with E-state index in [0.717, 1.165) is 19.4 Å². The van der Waals surface area contributed by atoms with Crippen LogP contribution in [-0.2, 0) is 4.79 Å². The number of β-amino-alcohol motifs (C(OH)–C–C–N with tert-alkyl or cyclic N) is 1. The first-order valence-electron chi connectivity index (χ1n) is 4.87. The summed E-state index contributed by atoms with van der Waals surface area (Å²) in [5, 5.41) is 9.35. The minimum atomic E-state index is -0.398. The van der Waals surface area contributed by atoms with Gasteiger partial charge in [-0.2, -0.15) is 0 Å². The Bertz CT molecular complexity index is 184. The van der Waals surface area contributed by atoms with Gasteiger partial charge in [0.1, 0.15) is 0 Å². The van der Waals surface area contributed by atoms with E-state index in [-0.39, 0.29) is 12.0 Å². The van der Waals surface area contributed by atoms with Gasteiger partial charge in [0.15, 0.2) is 0 Å². The third-order valence-electron chi connectivity index (χ3n) is 2.47. The van der Waals surface area contributed by atoms with Gasteiger partial charge in [-0.1, -0.05) is 6.92 Å². The Morgan fingerprint density at radius 2 is 2.46 bits per heavy atom. The number of aliphatic hydroxyl groups is 1. The summed E-state index contributed by atoms with van der Waals surface area (Å²) in [6.45, 7) is 3.08. The molecule has 1 aliphatic heterocycles. The maximum atomic E-state index is 11.6. The maximum Gasteiger partial charge on any atom is 0.239 e. The zero-order valence-electron chi connectivity index (χ0n) is 8.07. The van der Waals surface area contributed by atoms with Gasteiger partial charge in [-0.15, -0.1) is 0 Å². The minimum Gasteiger partial charge on any atom is -0.391 e. The molecule has 76 valence electrons. The van der Waals surface area contributed by atoms with Crippen molar-refractivity contribution in [2.45, 2.75) is 38.3 Å². The van der Waals surface area contributed by atoms with Crippen molar-refractivity contribution in [3.8, 4) is 0 Å². The molecule has 1 saturated heterocycles. The molecule has 13 heavy (non-hydrogen) atoms. The molecule has 1 aliphatic rings. The van der Waals surface area contributed by atoms with E-state index in [9.17, 15) is 9.90 Å². The van der Waals surface area contributed by atoms with Crippen LogP contribution in [0.15, 0.2) is 0 Å². The second kappa shape index (κ2) is 4.58. The van der Waals surface area contributed by atoms with E-state index in [0.29, 0.717) is 13.0 Å². The first kappa shape index (κ1) is 10.5. The number of hydrogen-bond acceptors (Lipinski definition) is 3. The molecule has 0 saturated carbocycles. The molecule has 0 aromatic heterocycles.